The Labute approximate surface area is 96.2 Å². The van der Waals surface area contributed by atoms with E-state index in [0.29, 0.717) is 12.6 Å². The van der Waals surface area contributed by atoms with Crippen molar-refractivity contribution in [2.75, 3.05) is 19.7 Å². The van der Waals surface area contributed by atoms with Gasteiger partial charge in [0.05, 0.1) is 6.10 Å². The zero-order valence-electron chi connectivity index (χ0n) is 9.43. The number of nitrogens with two attached hydrogens (primary N) is 1. The highest BCUT2D eigenvalue weighted by Crippen LogP contribution is 2.14. The Kier molecular flexibility index (Phi) is 4.27. The Morgan fingerprint density at radius 3 is 3.19 bits per heavy atom. The molecule has 0 amide bonds. The van der Waals surface area contributed by atoms with Gasteiger partial charge in [-0.3, -0.25) is 4.98 Å². The molecule has 4 heteroatoms. The third kappa shape index (κ3) is 3.01. The molecule has 2 heterocycles. The minimum Gasteiger partial charge on any atom is -0.377 e. The van der Waals surface area contributed by atoms with E-state index in [0.717, 1.165) is 25.1 Å². The summed E-state index contributed by atoms with van der Waals surface area (Å²) in [5, 5.41) is 3.44. The first-order valence-corrected chi connectivity index (χ1v) is 5.85. The predicted octanol–water partition coefficient (Wildman–Crippen LogP) is 0.850. The van der Waals surface area contributed by atoms with Crippen molar-refractivity contribution in [2.24, 2.45) is 5.73 Å². The summed E-state index contributed by atoms with van der Waals surface area (Å²) in [6.45, 7) is 2.35. The maximum atomic E-state index is 5.76. The number of hydrogen-bond donors (Lipinski definition) is 2. The molecular formula is C12H19N3O. The van der Waals surface area contributed by atoms with Gasteiger partial charge in [-0.25, -0.2) is 0 Å². The van der Waals surface area contributed by atoms with Crippen molar-refractivity contribution >= 4 is 0 Å². The van der Waals surface area contributed by atoms with Crippen LogP contribution < -0.4 is 11.1 Å². The standard InChI is InChI=1S/C12H19N3O/c13-7-12(10-3-1-5-14-8-10)15-9-11-4-2-6-16-11/h1,3,5,8,11-12,15H,2,4,6-7,9,13H2. The molecule has 1 saturated heterocycles. The molecule has 1 fully saturated rings. The number of nitrogens with one attached hydrogen (secondary N) is 1. The van der Waals surface area contributed by atoms with Gasteiger partial charge in [0.25, 0.3) is 0 Å². The molecule has 0 aliphatic carbocycles. The number of ether oxygens (including phenoxy) is 1. The SMILES string of the molecule is NCC(NCC1CCCO1)c1cccnc1. The Morgan fingerprint density at radius 2 is 2.56 bits per heavy atom. The van der Waals surface area contributed by atoms with Gasteiger partial charge in [-0.05, 0) is 24.5 Å². The second-order valence-corrected chi connectivity index (χ2v) is 4.12. The molecular weight excluding hydrogens is 202 g/mol. The highest BCUT2D eigenvalue weighted by atomic mass is 16.5. The molecule has 0 saturated carbocycles. The van der Waals surface area contributed by atoms with Gasteiger partial charge in [0.2, 0.25) is 0 Å². The fourth-order valence-corrected chi connectivity index (χ4v) is 2.00. The first-order valence-electron chi connectivity index (χ1n) is 5.85. The summed E-state index contributed by atoms with van der Waals surface area (Å²) < 4.78 is 5.56. The summed E-state index contributed by atoms with van der Waals surface area (Å²) in [5.74, 6) is 0. The summed E-state index contributed by atoms with van der Waals surface area (Å²) in [7, 11) is 0. The van der Waals surface area contributed by atoms with E-state index in [1.54, 1.807) is 6.20 Å². The molecule has 0 aromatic carbocycles. The average molecular weight is 221 g/mol. The second-order valence-electron chi connectivity index (χ2n) is 4.12. The number of hydrogen-bond acceptors (Lipinski definition) is 4. The summed E-state index contributed by atoms with van der Waals surface area (Å²) >= 11 is 0. The first kappa shape index (κ1) is 11.5. The fraction of sp³-hybridized carbons (Fsp3) is 0.583. The van der Waals surface area contributed by atoms with E-state index in [1.807, 2.05) is 18.3 Å². The molecule has 1 aromatic heterocycles. The van der Waals surface area contributed by atoms with Crippen LogP contribution in [0, 0.1) is 0 Å². The lowest BCUT2D eigenvalue weighted by atomic mass is 10.1. The van der Waals surface area contributed by atoms with Crippen molar-refractivity contribution in [1.82, 2.24) is 10.3 Å². The molecule has 2 atom stereocenters. The lowest BCUT2D eigenvalue weighted by Gasteiger charge is -2.19. The third-order valence-electron chi connectivity index (χ3n) is 2.94. The van der Waals surface area contributed by atoms with Crippen LogP contribution in [0.5, 0.6) is 0 Å². The largest absolute Gasteiger partial charge is 0.377 e. The molecule has 16 heavy (non-hydrogen) atoms. The van der Waals surface area contributed by atoms with Crippen molar-refractivity contribution in [3.05, 3.63) is 30.1 Å². The molecule has 4 nitrogen and oxygen atoms in total. The number of aromatic nitrogens is 1. The van der Waals surface area contributed by atoms with Gasteiger partial charge in [-0.15, -0.1) is 0 Å². The van der Waals surface area contributed by atoms with Gasteiger partial charge >= 0.3 is 0 Å². The topological polar surface area (TPSA) is 60.2 Å². The maximum absolute atomic E-state index is 5.76. The number of rotatable bonds is 5. The monoisotopic (exact) mass is 221 g/mol. The van der Waals surface area contributed by atoms with E-state index in [9.17, 15) is 0 Å². The Balaban J connectivity index is 1.85. The van der Waals surface area contributed by atoms with Gasteiger partial charge < -0.3 is 15.8 Å². The van der Waals surface area contributed by atoms with Gasteiger partial charge in [-0.2, -0.15) is 0 Å². The highest BCUT2D eigenvalue weighted by molar-refractivity contribution is 5.14. The minimum absolute atomic E-state index is 0.179. The van der Waals surface area contributed by atoms with Crippen LogP contribution in [0.25, 0.3) is 0 Å². The second kappa shape index (κ2) is 5.94. The first-order chi connectivity index (χ1) is 7.90. The zero-order valence-corrected chi connectivity index (χ0v) is 9.43. The summed E-state index contributed by atoms with van der Waals surface area (Å²) in [6, 6.07) is 4.16. The molecule has 1 aromatic rings. The van der Waals surface area contributed by atoms with Gasteiger partial charge in [0.1, 0.15) is 0 Å². The van der Waals surface area contributed by atoms with Crippen LogP contribution in [-0.2, 0) is 4.74 Å². The molecule has 0 bridgehead atoms. The van der Waals surface area contributed by atoms with Crippen LogP contribution in [-0.4, -0.2) is 30.8 Å². The molecule has 0 spiro atoms. The normalized spacial score (nSPS) is 22.2. The highest BCUT2D eigenvalue weighted by Gasteiger charge is 2.17. The molecule has 2 unspecified atom stereocenters. The van der Waals surface area contributed by atoms with Crippen molar-refractivity contribution < 1.29 is 4.74 Å². The van der Waals surface area contributed by atoms with E-state index in [4.69, 9.17) is 10.5 Å². The number of nitrogens with zero attached hydrogens (tertiary/aromatic N) is 1. The van der Waals surface area contributed by atoms with Crippen LogP contribution in [0.1, 0.15) is 24.4 Å². The van der Waals surface area contributed by atoms with Gasteiger partial charge in [0, 0.05) is 38.1 Å². The molecule has 1 aliphatic heterocycles. The Morgan fingerprint density at radius 1 is 1.62 bits per heavy atom. The van der Waals surface area contributed by atoms with Crippen LogP contribution in [0.15, 0.2) is 24.5 Å². The fourth-order valence-electron chi connectivity index (χ4n) is 2.00. The summed E-state index contributed by atoms with van der Waals surface area (Å²) in [5.41, 5.74) is 6.90. The van der Waals surface area contributed by atoms with Crippen molar-refractivity contribution in [3.8, 4) is 0 Å². The minimum atomic E-state index is 0.179. The van der Waals surface area contributed by atoms with Crippen LogP contribution >= 0.6 is 0 Å². The molecule has 2 rings (SSSR count). The Bertz CT molecular complexity index is 298. The summed E-state index contributed by atoms with van der Waals surface area (Å²) in [4.78, 5) is 4.11. The average Bonchev–Trinajstić information content (AvgIpc) is 2.84. The van der Waals surface area contributed by atoms with E-state index in [-0.39, 0.29) is 6.04 Å². The van der Waals surface area contributed by atoms with E-state index in [1.165, 1.54) is 6.42 Å². The van der Waals surface area contributed by atoms with Gasteiger partial charge in [0.15, 0.2) is 0 Å². The van der Waals surface area contributed by atoms with Crippen LogP contribution in [0.2, 0.25) is 0 Å². The number of pyridine rings is 1. The van der Waals surface area contributed by atoms with Crippen molar-refractivity contribution in [1.29, 1.82) is 0 Å². The summed E-state index contributed by atoms with van der Waals surface area (Å²) in [6.07, 6.45) is 6.31. The molecule has 0 radical (unpaired) electrons. The van der Waals surface area contributed by atoms with Crippen LogP contribution in [0.3, 0.4) is 0 Å². The molecule has 88 valence electrons. The van der Waals surface area contributed by atoms with E-state index < -0.39 is 0 Å². The van der Waals surface area contributed by atoms with E-state index in [2.05, 4.69) is 10.3 Å². The quantitative estimate of drug-likeness (QED) is 0.774. The zero-order chi connectivity index (χ0) is 11.2. The van der Waals surface area contributed by atoms with Gasteiger partial charge in [-0.1, -0.05) is 6.07 Å². The van der Waals surface area contributed by atoms with E-state index >= 15 is 0 Å². The smallest absolute Gasteiger partial charge is 0.0700 e. The Hall–Kier alpha value is -0.970. The van der Waals surface area contributed by atoms with Crippen molar-refractivity contribution in [2.45, 2.75) is 25.0 Å². The van der Waals surface area contributed by atoms with Crippen LogP contribution in [0.4, 0.5) is 0 Å². The third-order valence-corrected chi connectivity index (χ3v) is 2.94. The maximum Gasteiger partial charge on any atom is 0.0700 e. The predicted molar refractivity (Wildman–Crippen MR) is 63.0 cm³/mol. The molecule has 1 aliphatic rings. The lowest BCUT2D eigenvalue weighted by Crippen LogP contribution is -2.34. The molecule has 3 N–H and O–H groups in total. The van der Waals surface area contributed by atoms with Crippen molar-refractivity contribution in [3.63, 3.8) is 0 Å². The lowest BCUT2D eigenvalue weighted by molar-refractivity contribution is 0.107.